The van der Waals surface area contributed by atoms with Crippen LogP contribution in [0.3, 0.4) is 0 Å². The standard InChI is InChI=1S/C22H33N3O2/c1-4-23-14-16-25(17-15-23)21(27)18(2)24-12-10-22(11-13-24,19(3)26)20-8-6-5-7-9-20/h5-9,18H,4,10-17H2,1-3H3/t18-/m0/s1. The quantitative estimate of drug-likeness (QED) is 0.796. The number of likely N-dealkylation sites (N-methyl/N-ethyl adjacent to an activating group) is 1. The Balaban J connectivity index is 1.62. The third-order valence-electron chi connectivity index (χ3n) is 6.69. The van der Waals surface area contributed by atoms with Crippen LogP contribution < -0.4 is 0 Å². The van der Waals surface area contributed by atoms with E-state index in [1.807, 2.05) is 30.0 Å². The zero-order chi connectivity index (χ0) is 19.4. The van der Waals surface area contributed by atoms with E-state index in [1.54, 1.807) is 6.92 Å². The van der Waals surface area contributed by atoms with Crippen LogP contribution in [0.15, 0.2) is 30.3 Å². The summed E-state index contributed by atoms with van der Waals surface area (Å²) in [7, 11) is 0. The fourth-order valence-electron chi connectivity index (χ4n) is 4.60. The summed E-state index contributed by atoms with van der Waals surface area (Å²) in [5.41, 5.74) is 0.722. The number of likely N-dealkylation sites (tertiary alicyclic amines) is 1. The molecule has 0 saturated carbocycles. The van der Waals surface area contributed by atoms with Gasteiger partial charge in [-0.25, -0.2) is 0 Å². The van der Waals surface area contributed by atoms with Gasteiger partial charge in [0.15, 0.2) is 0 Å². The van der Waals surface area contributed by atoms with Gasteiger partial charge in [-0.15, -0.1) is 0 Å². The first-order valence-electron chi connectivity index (χ1n) is 10.3. The third kappa shape index (κ3) is 4.09. The maximum Gasteiger partial charge on any atom is 0.239 e. The highest BCUT2D eigenvalue weighted by atomic mass is 16.2. The Bertz CT molecular complexity index is 645. The Morgan fingerprint density at radius 1 is 1.00 bits per heavy atom. The van der Waals surface area contributed by atoms with E-state index in [0.717, 1.165) is 64.2 Å². The van der Waals surface area contributed by atoms with Crippen LogP contribution in [-0.2, 0) is 15.0 Å². The highest BCUT2D eigenvalue weighted by molar-refractivity contribution is 5.88. The van der Waals surface area contributed by atoms with Crippen LogP contribution in [0.1, 0.15) is 39.2 Å². The van der Waals surface area contributed by atoms with Gasteiger partial charge < -0.3 is 9.80 Å². The summed E-state index contributed by atoms with van der Waals surface area (Å²) in [4.78, 5) is 32.2. The van der Waals surface area contributed by atoms with Crippen molar-refractivity contribution in [2.24, 2.45) is 0 Å². The molecular weight excluding hydrogens is 338 g/mol. The molecule has 3 rings (SSSR count). The molecule has 0 aliphatic carbocycles. The minimum absolute atomic E-state index is 0.112. The van der Waals surface area contributed by atoms with Gasteiger partial charge in [0.2, 0.25) is 5.91 Å². The lowest BCUT2D eigenvalue weighted by Gasteiger charge is -2.44. The van der Waals surface area contributed by atoms with E-state index < -0.39 is 5.41 Å². The highest BCUT2D eigenvalue weighted by Gasteiger charge is 2.42. The second-order valence-corrected chi connectivity index (χ2v) is 7.98. The van der Waals surface area contributed by atoms with Crippen molar-refractivity contribution in [1.29, 1.82) is 0 Å². The van der Waals surface area contributed by atoms with Crippen molar-refractivity contribution in [3.63, 3.8) is 0 Å². The lowest BCUT2D eigenvalue weighted by atomic mass is 9.70. The van der Waals surface area contributed by atoms with Crippen molar-refractivity contribution >= 4 is 11.7 Å². The zero-order valence-electron chi connectivity index (χ0n) is 17.0. The minimum Gasteiger partial charge on any atom is -0.339 e. The fraction of sp³-hybridized carbons (Fsp3) is 0.636. The molecule has 0 bridgehead atoms. The molecule has 2 fully saturated rings. The van der Waals surface area contributed by atoms with Gasteiger partial charge in [0.05, 0.1) is 11.5 Å². The van der Waals surface area contributed by atoms with Crippen molar-refractivity contribution in [3.05, 3.63) is 35.9 Å². The number of piperazine rings is 1. The summed E-state index contributed by atoms with van der Waals surface area (Å²) in [5, 5.41) is 0. The van der Waals surface area contributed by atoms with Gasteiger partial charge in [-0.3, -0.25) is 14.5 Å². The number of carbonyl (C=O) groups is 2. The first-order valence-corrected chi connectivity index (χ1v) is 10.3. The largest absolute Gasteiger partial charge is 0.339 e. The Kier molecular flexibility index (Phi) is 6.33. The Morgan fingerprint density at radius 3 is 2.11 bits per heavy atom. The number of hydrogen-bond donors (Lipinski definition) is 0. The van der Waals surface area contributed by atoms with E-state index in [1.165, 1.54) is 0 Å². The number of piperidine rings is 1. The average Bonchev–Trinajstić information content (AvgIpc) is 2.73. The number of hydrogen-bond acceptors (Lipinski definition) is 4. The van der Waals surface area contributed by atoms with Crippen molar-refractivity contribution < 1.29 is 9.59 Å². The molecule has 5 nitrogen and oxygen atoms in total. The van der Waals surface area contributed by atoms with Crippen LogP contribution in [0.25, 0.3) is 0 Å². The lowest BCUT2D eigenvalue weighted by molar-refractivity contribution is -0.139. The Hall–Kier alpha value is -1.72. The first kappa shape index (κ1) is 20.0. The molecule has 1 aromatic rings. The molecule has 1 aromatic carbocycles. The molecule has 27 heavy (non-hydrogen) atoms. The number of rotatable bonds is 5. The summed E-state index contributed by atoms with van der Waals surface area (Å²) in [5.74, 6) is 0.476. The molecule has 1 amide bonds. The molecule has 2 heterocycles. The molecule has 5 heteroatoms. The topological polar surface area (TPSA) is 43.9 Å². The van der Waals surface area contributed by atoms with E-state index in [9.17, 15) is 9.59 Å². The summed E-state index contributed by atoms with van der Waals surface area (Å²) < 4.78 is 0. The van der Waals surface area contributed by atoms with Crippen LogP contribution in [0.2, 0.25) is 0 Å². The lowest BCUT2D eigenvalue weighted by Crippen LogP contribution is -2.56. The third-order valence-corrected chi connectivity index (χ3v) is 6.69. The zero-order valence-corrected chi connectivity index (χ0v) is 17.0. The molecule has 0 spiro atoms. The smallest absolute Gasteiger partial charge is 0.239 e. The van der Waals surface area contributed by atoms with Crippen LogP contribution in [-0.4, -0.2) is 78.2 Å². The van der Waals surface area contributed by atoms with Crippen LogP contribution in [0.5, 0.6) is 0 Å². The van der Waals surface area contributed by atoms with Crippen molar-refractivity contribution in [1.82, 2.24) is 14.7 Å². The molecule has 0 aromatic heterocycles. The van der Waals surface area contributed by atoms with Gasteiger partial charge in [0.25, 0.3) is 0 Å². The number of ketones is 1. The molecule has 2 aliphatic rings. The maximum absolute atomic E-state index is 13.0. The number of carbonyl (C=O) groups excluding carboxylic acids is 2. The van der Waals surface area contributed by atoms with E-state index in [0.29, 0.717) is 0 Å². The van der Waals surface area contributed by atoms with Gasteiger partial charge in [-0.05, 0) is 38.8 Å². The number of nitrogens with zero attached hydrogens (tertiary/aromatic N) is 3. The van der Waals surface area contributed by atoms with Gasteiger partial charge in [-0.1, -0.05) is 37.3 Å². The molecule has 0 N–H and O–H groups in total. The second kappa shape index (κ2) is 8.53. The first-order chi connectivity index (χ1) is 13.0. The Morgan fingerprint density at radius 2 is 1.59 bits per heavy atom. The van der Waals surface area contributed by atoms with Gasteiger partial charge in [0.1, 0.15) is 5.78 Å². The number of Topliss-reactive ketones (excluding diaryl/α,β-unsaturated/α-hetero) is 1. The van der Waals surface area contributed by atoms with E-state index in [-0.39, 0.29) is 17.7 Å². The van der Waals surface area contributed by atoms with Gasteiger partial charge in [0, 0.05) is 39.3 Å². The summed E-state index contributed by atoms with van der Waals surface area (Å²) in [6, 6.07) is 10.0. The molecular formula is C22H33N3O2. The number of benzene rings is 1. The monoisotopic (exact) mass is 371 g/mol. The molecule has 148 valence electrons. The summed E-state index contributed by atoms with van der Waals surface area (Å²) in [6.07, 6.45) is 1.57. The molecule has 0 unspecified atom stereocenters. The normalized spacial score (nSPS) is 22.4. The van der Waals surface area contributed by atoms with Crippen molar-refractivity contribution in [3.8, 4) is 0 Å². The van der Waals surface area contributed by atoms with Crippen LogP contribution in [0.4, 0.5) is 0 Å². The predicted octanol–water partition coefficient (Wildman–Crippen LogP) is 2.16. The maximum atomic E-state index is 13.0. The van der Waals surface area contributed by atoms with E-state index >= 15 is 0 Å². The van der Waals surface area contributed by atoms with E-state index in [2.05, 4.69) is 28.9 Å². The van der Waals surface area contributed by atoms with Crippen molar-refractivity contribution in [2.45, 2.75) is 45.1 Å². The average molecular weight is 372 g/mol. The predicted molar refractivity (Wildman–Crippen MR) is 108 cm³/mol. The molecule has 0 radical (unpaired) electrons. The Labute approximate surface area is 163 Å². The van der Waals surface area contributed by atoms with Crippen LogP contribution >= 0.6 is 0 Å². The summed E-state index contributed by atoms with van der Waals surface area (Å²) >= 11 is 0. The van der Waals surface area contributed by atoms with E-state index in [4.69, 9.17) is 0 Å². The van der Waals surface area contributed by atoms with Crippen molar-refractivity contribution in [2.75, 3.05) is 45.8 Å². The highest BCUT2D eigenvalue weighted by Crippen LogP contribution is 2.37. The summed E-state index contributed by atoms with van der Waals surface area (Å²) in [6.45, 7) is 12.1. The van der Waals surface area contributed by atoms with Gasteiger partial charge in [-0.2, -0.15) is 0 Å². The second-order valence-electron chi connectivity index (χ2n) is 7.98. The SMILES string of the molecule is CCN1CCN(C(=O)[C@H](C)N2CCC(C(C)=O)(c3ccccc3)CC2)CC1. The molecule has 1 atom stereocenters. The number of amides is 1. The minimum atomic E-state index is -0.396. The molecule has 2 saturated heterocycles. The molecule has 2 aliphatic heterocycles. The fourth-order valence-corrected chi connectivity index (χ4v) is 4.60. The van der Waals surface area contributed by atoms with Crippen LogP contribution in [0, 0.1) is 0 Å². The van der Waals surface area contributed by atoms with Gasteiger partial charge >= 0.3 is 0 Å².